The predicted octanol–water partition coefficient (Wildman–Crippen LogP) is 2.13. The van der Waals surface area contributed by atoms with Crippen molar-refractivity contribution in [2.24, 2.45) is 5.73 Å². The van der Waals surface area contributed by atoms with Crippen LogP contribution in [-0.2, 0) is 5.54 Å². The van der Waals surface area contributed by atoms with Crippen molar-refractivity contribution in [3.8, 4) is 0 Å². The molecule has 1 radical (unpaired) electrons. The Kier molecular flexibility index (Phi) is 3.04. The van der Waals surface area contributed by atoms with Gasteiger partial charge in [-0.25, -0.2) is 4.39 Å². The highest BCUT2D eigenvalue weighted by Crippen LogP contribution is 2.27. The number of nitro benzene ring substituents is 1. The van der Waals surface area contributed by atoms with Crippen LogP contribution in [0.4, 0.5) is 10.1 Å². The molecule has 0 amide bonds. The lowest BCUT2D eigenvalue weighted by Gasteiger charge is -2.23. The summed E-state index contributed by atoms with van der Waals surface area (Å²) in [5, 5.41) is 10.5. The molecule has 0 saturated heterocycles. The monoisotopic (exact) mass is 211 g/mol. The van der Waals surface area contributed by atoms with Gasteiger partial charge in [0, 0.05) is 23.2 Å². The zero-order valence-corrected chi connectivity index (χ0v) is 8.53. The van der Waals surface area contributed by atoms with Crippen LogP contribution in [0.25, 0.3) is 0 Å². The van der Waals surface area contributed by atoms with Gasteiger partial charge in [0.25, 0.3) is 5.69 Å². The summed E-state index contributed by atoms with van der Waals surface area (Å²) >= 11 is 0. The Balaban J connectivity index is 3.28. The number of nitrogens with two attached hydrogens (primary N) is 1. The van der Waals surface area contributed by atoms with E-state index in [9.17, 15) is 14.5 Å². The summed E-state index contributed by atoms with van der Waals surface area (Å²) in [6.07, 6.45) is 1.59. The quantitative estimate of drug-likeness (QED) is 0.615. The molecule has 15 heavy (non-hydrogen) atoms. The number of hydrogen-bond donors (Lipinski definition) is 1. The highest BCUT2D eigenvalue weighted by Gasteiger charge is 2.25. The second-order valence-corrected chi connectivity index (χ2v) is 3.49. The van der Waals surface area contributed by atoms with Crippen molar-refractivity contribution in [2.75, 3.05) is 0 Å². The second kappa shape index (κ2) is 3.94. The lowest BCUT2D eigenvalue weighted by Crippen LogP contribution is -2.33. The van der Waals surface area contributed by atoms with E-state index in [0.29, 0.717) is 0 Å². The SMILES string of the molecule is C[CH][C@](C)(N)c1cc([N+](=O)[O-])ccc1F. The van der Waals surface area contributed by atoms with Gasteiger partial charge in [-0.3, -0.25) is 10.1 Å². The number of rotatable bonds is 3. The topological polar surface area (TPSA) is 69.2 Å². The van der Waals surface area contributed by atoms with Crippen LogP contribution in [0.2, 0.25) is 0 Å². The molecule has 0 spiro atoms. The van der Waals surface area contributed by atoms with Crippen LogP contribution < -0.4 is 5.73 Å². The maximum atomic E-state index is 13.4. The summed E-state index contributed by atoms with van der Waals surface area (Å²) in [5.41, 5.74) is 4.75. The minimum Gasteiger partial charge on any atom is -0.321 e. The van der Waals surface area contributed by atoms with E-state index >= 15 is 0 Å². The van der Waals surface area contributed by atoms with Gasteiger partial charge in [-0.1, -0.05) is 6.92 Å². The molecule has 0 aromatic heterocycles. The van der Waals surface area contributed by atoms with Crippen LogP contribution in [0.15, 0.2) is 18.2 Å². The summed E-state index contributed by atoms with van der Waals surface area (Å²) in [7, 11) is 0. The zero-order chi connectivity index (χ0) is 11.6. The number of hydrogen-bond acceptors (Lipinski definition) is 3. The minimum atomic E-state index is -1.00. The van der Waals surface area contributed by atoms with Crippen LogP contribution in [0.5, 0.6) is 0 Å². The summed E-state index contributed by atoms with van der Waals surface area (Å²) in [6, 6.07) is 3.34. The molecule has 0 saturated carbocycles. The number of non-ortho nitro benzene ring substituents is 1. The highest BCUT2D eigenvalue weighted by atomic mass is 19.1. The van der Waals surface area contributed by atoms with Crippen molar-refractivity contribution in [1.29, 1.82) is 0 Å². The Morgan fingerprint density at radius 1 is 1.60 bits per heavy atom. The van der Waals surface area contributed by atoms with Gasteiger partial charge >= 0.3 is 0 Å². The van der Waals surface area contributed by atoms with E-state index in [-0.39, 0.29) is 11.3 Å². The predicted molar refractivity (Wildman–Crippen MR) is 54.6 cm³/mol. The molecule has 1 aromatic rings. The lowest BCUT2D eigenvalue weighted by molar-refractivity contribution is -0.385. The molecule has 1 aromatic carbocycles. The van der Waals surface area contributed by atoms with Crippen molar-refractivity contribution in [3.05, 3.63) is 46.1 Å². The van der Waals surface area contributed by atoms with Crippen molar-refractivity contribution >= 4 is 5.69 Å². The second-order valence-electron chi connectivity index (χ2n) is 3.49. The van der Waals surface area contributed by atoms with E-state index in [2.05, 4.69) is 0 Å². The standard InChI is InChI=1S/C10H12FN2O2/c1-3-10(2,12)8-6-7(13(14)15)4-5-9(8)11/h3-6H,12H2,1-2H3/t10-/m0/s1. The molecule has 0 heterocycles. The molecule has 2 N–H and O–H groups in total. The third-order valence-electron chi connectivity index (χ3n) is 2.34. The van der Waals surface area contributed by atoms with Crippen LogP contribution in [0, 0.1) is 22.4 Å². The third kappa shape index (κ3) is 2.30. The maximum Gasteiger partial charge on any atom is 0.269 e. The summed E-state index contributed by atoms with van der Waals surface area (Å²) in [5.74, 6) is -0.538. The molecule has 5 heteroatoms. The lowest BCUT2D eigenvalue weighted by atomic mass is 9.90. The zero-order valence-electron chi connectivity index (χ0n) is 8.53. The number of benzene rings is 1. The molecule has 0 aliphatic heterocycles. The van der Waals surface area contributed by atoms with Crippen molar-refractivity contribution < 1.29 is 9.31 Å². The normalized spacial score (nSPS) is 14.7. The molecule has 0 aliphatic carbocycles. The van der Waals surface area contributed by atoms with Gasteiger partial charge in [0.05, 0.1) is 4.92 Å². The third-order valence-corrected chi connectivity index (χ3v) is 2.34. The first kappa shape index (κ1) is 11.6. The summed E-state index contributed by atoms with van der Waals surface area (Å²) in [6.45, 7) is 3.27. The van der Waals surface area contributed by atoms with Crippen molar-refractivity contribution in [3.63, 3.8) is 0 Å². The Hall–Kier alpha value is -1.49. The fraction of sp³-hybridized carbons (Fsp3) is 0.300. The molecular weight excluding hydrogens is 199 g/mol. The first-order chi connectivity index (χ1) is 6.88. The molecule has 4 nitrogen and oxygen atoms in total. The average Bonchev–Trinajstić information content (AvgIpc) is 2.17. The fourth-order valence-corrected chi connectivity index (χ4v) is 1.20. The van der Waals surface area contributed by atoms with Gasteiger partial charge in [0.15, 0.2) is 0 Å². The van der Waals surface area contributed by atoms with E-state index in [1.165, 1.54) is 0 Å². The van der Waals surface area contributed by atoms with E-state index in [1.54, 1.807) is 20.3 Å². The summed E-state index contributed by atoms with van der Waals surface area (Å²) < 4.78 is 13.4. The van der Waals surface area contributed by atoms with Crippen molar-refractivity contribution in [1.82, 2.24) is 0 Å². The van der Waals surface area contributed by atoms with E-state index in [0.717, 1.165) is 18.2 Å². The smallest absolute Gasteiger partial charge is 0.269 e. The molecular formula is C10H12FN2O2. The van der Waals surface area contributed by atoms with Gasteiger partial charge in [-0.05, 0) is 19.4 Å². The Bertz CT molecular complexity index is 391. The first-order valence-electron chi connectivity index (χ1n) is 4.42. The van der Waals surface area contributed by atoms with E-state index < -0.39 is 16.3 Å². The highest BCUT2D eigenvalue weighted by molar-refractivity contribution is 5.39. The molecule has 1 atom stereocenters. The van der Waals surface area contributed by atoms with Crippen molar-refractivity contribution in [2.45, 2.75) is 19.4 Å². The number of nitrogens with zero attached hydrogens (tertiary/aromatic N) is 1. The van der Waals surface area contributed by atoms with Gasteiger partial charge in [-0.2, -0.15) is 0 Å². The van der Waals surface area contributed by atoms with E-state index in [4.69, 9.17) is 5.73 Å². The molecule has 1 rings (SSSR count). The minimum absolute atomic E-state index is 0.124. The molecule has 0 aliphatic rings. The largest absolute Gasteiger partial charge is 0.321 e. The van der Waals surface area contributed by atoms with Gasteiger partial charge in [0.1, 0.15) is 5.82 Å². The summed E-state index contributed by atoms with van der Waals surface area (Å²) in [4.78, 5) is 9.94. The van der Waals surface area contributed by atoms with Gasteiger partial charge in [-0.15, -0.1) is 0 Å². The Labute approximate surface area is 87.0 Å². The Morgan fingerprint density at radius 3 is 2.67 bits per heavy atom. The maximum absolute atomic E-state index is 13.4. The van der Waals surface area contributed by atoms with Crippen LogP contribution >= 0.6 is 0 Å². The van der Waals surface area contributed by atoms with Gasteiger partial charge < -0.3 is 5.73 Å². The first-order valence-corrected chi connectivity index (χ1v) is 4.42. The molecule has 81 valence electrons. The Morgan fingerprint density at radius 2 is 2.20 bits per heavy atom. The number of nitro groups is 1. The van der Waals surface area contributed by atoms with Gasteiger partial charge in [0.2, 0.25) is 0 Å². The molecule has 0 unspecified atom stereocenters. The van der Waals surface area contributed by atoms with E-state index in [1.807, 2.05) is 0 Å². The molecule has 0 bridgehead atoms. The number of halogens is 1. The fourth-order valence-electron chi connectivity index (χ4n) is 1.20. The molecule has 0 fully saturated rings. The van der Waals surface area contributed by atoms with Crippen LogP contribution in [0.1, 0.15) is 19.4 Å². The average molecular weight is 211 g/mol. The van der Waals surface area contributed by atoms with Crippen LogP contribution in [-0.4, -0.2) is 4.92 Å². The van der Waals surface area contributed by atoms with Crippen LogP contribution in [0.3, 0.4) is 0 Å².